The molecule has 0 bridgehead atoms. The third-order valence-electron chi connectivity index (χ3n) is 2.61. The fourth-order valence-electron chi connectivity index (χ4n) is 1.64. The van der Waals surface area contributed by atoms with Crippen molar-refractivity contribution < 1.29 is 19.1 Å². The Labute approximate surface area is 125 Å². The van der Waals surface area contributed by atoms with Gasteiger partial charge in [-0.2, -0.15) is 0 Å². The van der Waals surface area contributed by atoms with Gasteiger partial charge in [-0.1, -0.05) is 11.6 Å². The first kappa shape index (κ1) is 15.1. The number of nitrogens with two attached hydrogens (primary N) is 1. The standard InChI is InChI=1S/C12H13ClN4O4/c13-6-1-8-9(21-5-12(20)17-8)2-7(6)16-11(19)4-15-10(18)3-14/h1-2H,3-5,14H2,(H,15,18)(H,16,19)(H,17,20). The Morgan fingerprint density at radius 3 is 2.86 bits per heavy atom. The molecule has 1 aromatic rings. The summed E-state index contributed by atoms with van der Waals surface area (Å²) in [4.78, 5) is 33.8. The number of fused-ring (bicyclic) bond motifs is 1. The summed E-state index contributed by atoms with van der Waals surface area (Å²) < 4.78 is 5.22. The van der Waals surface area contributed by atoms with E-state index in [4.69, 9.17) is 22.1 Å². The highest BCUT2D eigenvalue weighted by atomic mass is 35.5. The molecule has 0 saturated heterocycles. The van der Waals surface area contributed by atoms with Crippen LogP contribution < -0.4 is 26.4 Å². The summed E-state index contributed by atoms with van der Waals surface area (Å²) in [7, 11) is 0. The van der Waals surface area contributed by atoms with Crippen LogP contribution in [0.15, 0.2) is 12.1 Å². The van der Waals surface area contributed by atoms with Crippen LogP contribution in [0.3, 0.4) is 0 Å². The zero-order valence-corrected chi connectivity index (χ0v) is 11.6. The van der Waals surface area contributed by atoms with E-state index in [1.54, 1.807) is 0 Å². The van der Waals surface area contributed by atoms with Crippen molar-refractivity contribution in [1.82, 2.24) is 5.32 Å². The van der Waals surface area contributed by atoms with Gasteiger partial charge in [0.05, 0.1) is 29.5 Å². The molecule has 2 rings (SSSR count). The minimum atomic E-state index is -0.460. The maximum atomic E-state index is 11.7. The Bertz CT molecular complexity index is 605. The van der Waals surface area contributed by atoms with Crippen LogP contribution in [0.25, 0.3) is 0 Å². The number of carbonyl (C=O) groups is 3. The Hall–Kier alpha value is -2.32. The molecule has 0 atom stereocenters. The number of benzene rings is 1. The van der Waals surface area contributed by atoms with Crippen LogP contribution >= 0.6 is 11.6 Å². The van der Waals surface area contributed by atoms with Crippen molar-refractivity contribution in [3.8, 4) is 5.75 Å². The summed E-state index contributed by atoms with van der Waals surface area (Å²) in [6, 6.07) is 2.97. The van der Waals surface area contributed by atoms with Gasteiger partial charge in [0.25, 0.3) is 5.91 Å². The largest absolute Gasteiger partial charge is 0.482 e. The summed E-state index contributed by atoms with van der Waals surface area (Å²) in [6.45, 7) is -0.518. The molecule has 0 spiro atoms. The zero-order chi connectivity index (χ0) is 15.4. The van der Waals surface area contributed by atoms with Crippen molar-refractivity contribution in [3.05, 3.63) is 17.2 Å². The maximum absolute atomic E-state index is 11.7. The van der Waals surface area contributed by atoms with Crippen LogP contribution in [-0.4, -0.2) is 37.4 Å². The van der Waals surface area contributed by atoms with E-state index in [1.807, 2.05) is 0 Å². The van der Waals surface area contributed by atoms with Crippen LogP contribution in [0.5, 0.6) is 5.75 Å². The van der Waals surface area contributed by atoms with Crippen molar-refractivity contribution >= 4 is 40.7 Å². The molecule has 0 unspecified atom stereocenters. The molecule has 9 heteroatoms. The number of halogens is 1. The van der Waals surface area contributed by atoms with Gasteiger partial charge < -0.3 is 26.4 Å². The van der Waals surface area contributed by atoms with Crippen molar-refractivity contribution in [2.75, 3.05) is 30.3 Å². The van der Waals surface area contributed by atoms with E-state index >= 15 is 0 Å². The second kappa shape index (κ2) is 6.42. The lowest BCUT2D eigenvalue weighted by molar-refractivity contribution is -0.123. The normalized spacial score (nSPS) is 12.8. The quantitative estimate of drug-likeness (QED) is 0.607. The van der Waals surface area contributed by atoms with Crippen LogP contribution in [0, 0.1) is 0 Å². The third-order valence-corrected chi connectivity index (χ3v) is 2.92. The molecule has 1 aliphatic rings. The van der Waals surface area contributed by atoms with Gasteiger partial charge in [0, 0.05) is 6.07 Å². The van der Waals surface area contributed by atoms with Crippen LogP contribution in [0.4, 0.5) is 11.4 Å². The molecule has 1 heterocycles. The van der Waals surface area contributed by atoms with E-state index in [-0.39, 0.29) is 30.6 Å². The molecule has 3 amide bonds. The number of rotatable bonds is 4. The fourth-order valence-corrected chi connectivity index (χ4v) is 1.85. The van der Waals surface area contributed by atoms with E-state index in [9.17, 15) is 14.4 Å². The highest BCUT2D eigenvalue weighted by Crippen LogP contribution is 2.36. The second-order valence-electron chi connectivity index (χ2n) is 4.19. The highest BCUT2D eigenvalue weighted by molar-refractivity contribution is 6.34. The van der Waals surface area contributed by atoms with Crippen LogP contribution in [0.1, 0.15) is 0 Å². The number of hydrogen-bond donors (Lipinski definition) is 4. The van der Waals surface area contributed by atoms with Gasteiger partial charge in [0.1, 0.15) is 5.75 Å². The number of hydrogen-bond acceptors (Lipinski definition) is 5. The summed E-state index contributed by atoms with van der Waals surface area (Å²) in [5, 5.41) is 7.70. The number of anilines is 2. The molecule has 0 radical (unpaired) electrons. The average molecular weight is 313 g/mol. The predicted molar refractivity (Wildman–Crippen MR) is 76.3 cm³/mol. The van der Waals surface area contributed by atoms with Gasteiger partial charge in [-0.25, -0.2) is 0 Å². The molecular formula is C12H13ClN4O4. The van der Waals surface area contributed by atoms with E-state index < -0.39 is 11.8 Å². The van der Waals surface area contributed by atoms with E-state index in [1.165, 1.54) is 12.1 Å². The SMILES string of the molecule is NCC(=O)NCC(=O)Nc1cc2c(cc1Cl)NC(=O)CO2. The van der Waals surface area contributed by atoms with Gasteiger partial charge in [-0.3, -0.25) is 14.4 Å². The second-order valence-corrected chi connectivity index (χ2v) is 4.60. The predicted octanol–water partition coefficient (Wildman–Crippen LogP) is -0.316. The Morgan fingerprint density at radius 2 is 2.14 bits per heavy atom. The Balaban J connectivity index is 2.05. The monoisotopic (exact) mass is 312 g/mol. The van der Waals surface area contributed by atoms with Crippen molar-refractivity contribution in [3.63, 3.8) is 0 Å². The van der Waals surface area contributed by atoms with Gasteiger partial charge in [-0.05, 0) is 6.07 Å². The summed E-state index contributed by atoms with van der Waals surface area (Å²) in [5.74, 6) is -0.772. The minimum Gasteiger partial charge on any atom is -0.482 e. The number of amides is 3. The van der Waals surface area contributed by atoms with Crippen LogP contribution in [-0.2, 0) is 14.4 Å². The van der Waals surface area contributed by atoms with Crippen molar-refractivity contribution in [2.24, 2.45) is 5.73 Å². The topological polar surface area (TPSA) is 123 Å². The van der Waals surface area contributed by atoms with Crippen molar-refractivity contribution in [2.45, 2.75) is 0 Å². The Kier molecular flexibility index (Phi) is 4.61. The smallest absolute Gasteiger partial charge is 0.262 e. The first-order chi connectivity index (χ1) is 9.99. The van der Waals surface area contributed by atoms with Gasteiger partial charge in [-0.15, -0.1) is 0 Å². The molecule has 112 valence electrons. The highest BCUT2D eigenvalue weighted by Gasteiger charge is 2.19. The summed E-state index contributed by atoms with van der Waals surface area (Å²) in [6.07, 6.45) is 0. The first-order valence-electron chi connectivity index (χ1n) is 6.02. The molecule has 1 aliphatic heterocycles. The van der Waals surface area contributed by atoms with Crippen molar-refractivity contribution in [1.29, 1.82) is 0 Å². The molecule has 0 aliphatic carbocycles. The van der Waals surface area contributed by atoms with Gasteiger partial charge in [0.15, 0.2) is 6.61 Å². The van der Waals surface area contributed by atoms with Gasteiger partial charge >= 0.3 is 0 Å². The lowest BCUT2D eigenvalue weighted by atomic mass is 10.2. The average Bonchev–Trinajstić information content (AvgIpc) is 2.45. The van der Waals surface area contributed by atoms with E-state index in [0.29, 0.717) is 17.1 Å². The van der Waals surface area contributed by atoms with E-state index in [2.05, 4.69) is 16.0 Å². The number of ether oxygens (including phenoxy) is 1. The van der Waals surface area contributed by atoms with Crippen LogP contribution in [0.2, 0.25) is 5.02 Å². The first-order valence-corrected chi connectivity index (χ1v) is 6.40. The summed E-state index contributed by atoms with van der Waals surface area (Å²) in [5.41, 5.74) is 5.86. The third kappa shape index (κ3) is 3.83. The molecule has 5 N–H and O–H groups in total. The number of carbonyl (C=O) groups excluding carboxylic acids is 3. The molecule has 0 saturated carbocycles. The lowest BCUT2D eigenvalue weighted by Gasteiger charge is -2.19. The molecule has 21 heavy (non-hydrogen) atoms. The van der Waals surface area contributed by atoms with E-state index in [0.717, 1.165) is 0 Å². The van der Waals surface area contributed by atoms with Gasteiger partial charge in [0.2, 0.25) is 11.8 Å². The molecule has 1 aromatic carbocycles. The Morgan fingerprint density at radius 1 is 1.38 bits per heavy atom. The lowest BCUT2D eigenvalue weighted by Crippen LogP contribution is -2.36. The fraction of sp³-hybridized carbons (Fsp3) is 0.250. The minimum absolute atomic E-state index is 0.103. The molecular weight excluding hydrogens is 300 g/mol. The zero-order valence-electron chi connectivity index (χ0n) is 10.9. The maximum Gasteiger partial charge on any atom is 0.262 e. The summed E-state index contributed by atoms with van der Waals surface area (Å²) >= 11 is 6.01. The molecule has 8 nitrogen and oxygen atoms in total. The number of nitrogens with one attached hydrogen (secondary N) is 3. The molecule has 0 aromatic heterocycles. The molecule has 0 fully saturated rings.